The lowest BCUT2D eigenvalue weighted by Gasteiger charge is -2.29. The van der Waals surface area contributed by atoms with E-state index in [1.54, 1.807) is 38.1 Å². The van der Waals surface area contributed by atoms with E-state index in [4.69, 9.17) is 23.2 Å². The normalized spacial score (nSPS) is 12.2. The van der Waals surface area contributed by atoms with Crippen LogP contribution in [0.1, 0.15) is 43.4 Å². The molecule has 0 aliphatic rings. The standard InChI is InChI=1S/C25H33Cl2N3O4S/c1-6-28-25(32)19(4)29(16-20-10-11-21(26)15-23(20)27)24(31)8-7-13-30(35(5,33)34)22-12-9-17(2)18(3)14-22/h9-12,14-15,19H,6-8,13,16H2,1-5H3,(H,28,32)/t19-/m1/s1. The fraction of sp³-hybridized carbons (Fsp3) is 0.440. The quantitative estimate of drug-likeness (QED) is 0.446. The molecule has 0 bridgehead atoms. The highest BCUT2D eigenvalue weighted by atomic mass is 35.5. The Balaban J connectivity index is 2.20. The number of amides is 2. The van der Waals surface area contributed by atoms with Gasteiger partial charge in [0, 0.05) is 36.1 Å². The molecule has 2 aromatic rings. The summed E-state index contributed by atoms with van der Waals surface area (Å²) in [5.41, 5.74) is 3.26. The van der Waals surface area contributed by atoms with Crippen LogP contribution in [0.15, 0.2) is 36.4 Å². The number of carbonyl (C=O) groups is 2. The van der Waals surface area contributed by atoms with Gasteiger partial charge in [0.15, 0.2) is 0 Å². The minimum atomic E-state index is -3.55. The summed E-state index contributed by atoms with van der Waals surface area (Å²) < 4.78 is 26.2. The maximum Gasteiger partial charge on any atom is 0.242 e. The zero-order valence-electron chi connectivity index (χ0n) is 20.8. The van der Waals surface area contributed by atoms with Gasteiger partial charge in [-0.15, -0.1) is 0 Å². The molecule has 0 spiro atoms. The first-order chi connectivity index (χ1) is 16.3. The zero-order valence-corrected chi connectivity index (χ0v) is 23.1. The number of nitrogens with one attached hydrogen (secondary N) is 1. The molecule has 7 nitrogen and oxygen atoms in total. The van der Waals surface area contributed by atoms with Crippen LogP contribution in [0.4, 0.5) is 5.69 Å². The van der Waals surface area contributed by atoms with Gasteiger partial charge in [0.05, 0.1) is 11.9 Å². The van der Waals surface area contributed by atoms with Crippen molar-refractivity contribution in [1.29, 1.82) is 0 Å². The van der Waals surface area contributed by atoms with E-state index >= 15 is 0 Å². The topological polar surface area (TPSA) is 86.8 Å². The molecular weight excluding hydrogens is 509 g/mol. The maximum atomic E-state index is 13.3. The first kappa shape index (κ1) is 28.9. The summed E-state index contributed by atoms with van der Waals surface area (Å²) in [6, 6.07) is 9.71. The molecule has 2 aromatic carbocycles. The molecule has 35 heavy (non-hydrogen) atoms. The molecular formula is C25H33Cl2N3O4S. The number of benzene rings is 2. The number of hydrogen-bond donors (Lipinski definition) is 1. The second-order valence-corrected chi connectivity index (χ2v) is 11.3. The summed E-state index contributed by atoms with van der Waals surface area (Å²) in [6.45, 7) is 8.04. The van der Waals surface area contributed by atoms with E-state index in [2.05, 4.69) is 5.32 Å². The van der Waals surface area contributed by atoms with E-state index in [-0.39, 0.29) is 37.7 Å². The van der Waals surface area contributed by atoms with E-state index in [0.717, 1.165) is 17.4 Å². The Morgan fingerprint density at radius 2 is 1.74 bits per heavy atom. The molecule has 0 radical (unpaired) electrons. The lowest BCUT2D eigenvalue weighted by molar-refractivity contribution is -0.140. The van der Waals surface area contributed by atoms with Gasteiger partial charge >= 0.3 is 0 Å². The molecule has 2 amide bonds. The Labute approximate surface area is 218 Å². The van der Waals surface area contributed by atoms with Gasteiger partial charge in [-0.1, -0.05) is 35.3 Å². The minimum absolute atomic E-state index is 0.0613. The Bertz CT molecular complexity index is 1170. The third kappa shape index (κ3) is 8.12. The summed E-state index contributed by atoms with van der Waals surface area (Å²) in [6.07, 6.45) is 1.49. The number of aryl methyl sites for hydroxylation is 2. The fourth-order valence-corrected chi connectivity index (χ4v) is 5.05. The molecule has 1 N–H and O–H groups in total. The summed E-state index contributed by atoms with van der Waals surface area (Å²) >= 11 is 12.3. The third-order valence-electron chi connectivity index (χ3n) is 5.80. The van der Waals surface area contributed by atoms with Crippen molar-refractivity contribution < 1.29 is 18.0 Å². The van der Waals surface area contributed by atoms with Crippen molar-refractivity contribution in [1.82, 2.24) is 10.2 Å². The number of carbonyl (C=O) groups excluding carboxylic acids is 2. The SMILES string of the molecule is CCNC(=O)[C@@H](C)N(Cc1ccc(Cl)cc1Cl)C(=O)CCCN(c1ccc(C)c(C)c1)S(C)(=O)=O. The van der Waals surface area contributed by atoms with Crippen LogP contribution in [0, 0.1) is 13.8 Å². The van der Waals surface area contributed by atoms with Gasteiger partial charge in [0.1, 0.15) is 6.04 Å². The molecule has 10 heteroatoms. The molecule has 0 unspecified atom stereocenters. The van der Waals surface area contributed by atoms with Crippen LogP contribution >= 0.6 is 23.2 Å². The largest absolute Gasteiger partial charge is 0.355 e. The lowest BCUT2D eigenvalue weighted by Crippen LogP contribution is -2.47. The van der Waals surface area contributed by atoms with Gasteiger partial charge in [-0.25, -0.2) is 8.42 Å². The third-order valence-corrected chi connectivity index (χ3v) is 7.59. The van der Waals surface area contributed by atoms with Gasteiger partial charge in [-0.05, 0) is 75.1 Å². The predicted octanol–water partition coefficient (Wildman–Crippen LogP) is 4.71. The van der Waals surface area contributed by atoms with Crippen LogP contribution in [0.5, 0.6) is 0 Å². The average Bonchev–Trinajstić information content (AvgIpc) is 2.77. The van der Waals surface area contributed by atoms with E-state index in [0.29, 0.717) is 27.8 Å². The van der Waals surface area contributed by atoms with Crippen LogP contribution in [0.3, 0.4) is 0 Å². The van der Waals surface area contributed by atoms with E-state index < -0.39 is 16.1 Å². The molecule has 0 aliphatic carbocycles. The van der Waals surface area contributed by atoms with Crippen molar-refractivity contribution in [2.75, 3.05) is 23.7 Å². The molecule has 192 valence electrons. The van der Waals surface area contributed by atoms with Crippen molar-refractivity contribution in [2.24, 2.45) is 0 Å². The number of halogens is 2. The highest BCUT2D eigenvalue weighted by Crippen LogP contribution is 2.25. The van der Waals surface area contributed by atoms with Crippen LogP contribution in [-0.4, -0.2) is 50.5 Å². The molecule has 2 rings (SSSR count). The summed E-state index contributed by atoms with van der Waals surface area (Å²) in [5.74, 6) is -0.554. The number of nitrogens with zero attached hydrogens (tertiary/aromatic N) is 2. The van der Waals surface area contributed by atoms with Crippen molar-refractivity contribution in [3.63, 3.8) is 0 Å². The summed E-state index contributed by atoms with van der Waals surface area (Å²) in [7, 11) is -3.55. The van der Waals surface area contributed by atoms with Crippen LogP contribution < -0.4 is 9.62 Å². The average molecular weight is 543 g/mol. The monoisotopic (exact) mass is 541 g/mol. The fourth-order valence-electron chi connectivity index (χ4n) is 3.62. The summed E-state index contributed by atoms with van der Waals surface area (Å²) in [5, 5.41) is 3.61. The van der Waals surface area contributed by atoms with Crippen molar-refractivity contribution in [2.45, 2.75) is 53.1 Å². The van der Waals surface area contributed by atoms with Gasteiger partial charge in [-0.2, -0.15) is 0 Å². The molecule has 0 saturated heterocycles. The highest BCUT2D eigenvalue weighted by molar-refractivity contribution is 7.92. The van der Waals surface area contributed by atoms with Gasteiger partial charge < -0.3 is 10.2 Å². The molecule has 0 fully saturated rings. The molecule has 0 aliphatic heterocycles. The first-order valence-electron chi connectivity index (χ1n) is 11.4. The number of hydrogen-bond acceptors (Lipinski definition) is 4. The molecule has 0 heterocycles. The van der Waals surface area contributed by atoms with Crippen molar-refractivity contribution in [3.8, 4) is 0 Å². The number of sulfonamides is 1. The Kier molecular flexibility index (Phi) is 10.4. The van der Waals surface area contributed by atoms with E-state index in [1.807, 2.05) is 26.0 Å². The Morgan fingerprint density at radius 3 is 2.31 bits per heavy atom. The van der Waals surface area contributed by atoms with Crippen LogP contribution in [-0.2, 0) is 26.2 Å². The van der Waals surface area contributed by atoms with Crippen LogP contribution in [0.25, 0.3) is 0 Å². The van der Waals surface area contributed by atoms with Crippen molar-refractivity contribution in [3.05, 3.63) is 63.1 Å². The second-order valence-electron chi connectivity index (χ2n) is 8.54. The smallest absolute Gasteiger partial charge is 0.242 e. The predicted molar refractivity (Wildman–Crippen MR) is 142 cm³/mol. The number of anilines is 1. The summed E-state index contributed by atoms with van der Waals surface area (Å²) in [4.78, 5) is 27.2. The van der Waals surface area contributed by atoms with E-state index in [1.165, 1.54) is 9.21 Å². The van der Waals surface area contributed by atoms with Gasteiger partial charge in [0.25, 0.3) is 0 Å². The number of likely N-dealkylation sites (N-methyl/N-ethyl adjacent to an activating group) is 1. The van der Waals surface area contributed by atoms with Gasteiger partial charge in [0.2, 0.25) is 21.8 Å². The van der Waals surface area contributed by atoms with Crippen molar-refractivity contribution >= 4 is 50.7 Å². The first-order valence-corrected chi connectivity index (χ1v) is 14.0. The zero-order chi connectivity index (χ0) is 26.3. The highest BCUT2D eigenvalue weighted by Gasteiger charge is 2.27. The molecule has 0 saturated carbocycles. The Morgan fingerprint density at radius 1 is 1.06 bits per heavy atom. The molecule has 0 aromatic heterocycles. The Hall–Kier alpha value is -2.29. The molecule has 1 atom stereocenters. The van der Waals surface area contributed by atoms with Crippen LogP contribution in [0.2, 0.25) is 10.0 Å². The minimum Gasteiger partial charge on any atom is -0.355 e. The lowest BCUT2D eigenvalue weighted by atomic mass is 10.1. The number of rotatable bonds is 11. The van der Waals surface area contributed by atoms with Gasteiger partial charge in [-0.3, -0.25) is 13.9 Å². The maximum absolute atomic E-state index is 13.3. The van der Waals surface area contributed by atoms with E-state index in [9.17, 15) is 18.0 Å². The second kappa shape index (κ2) is 12.6.